The lowest BCUT2D eigenvalue weighted by atomic mass is 10.1. The molecule has 1 heterocycles. The Kier molecular flexibility index (Phi) is 5.11. The number of benzene rings is 1. The monoisotopic (exact) mass is 324 g/mol. The largest absolute Gasteiger partial charge is 0.497 e. The number of methoxy groups -OCH3 is 2. The maximum Gasteiger partial charge on any atom is 0.319 e. The summed E-state index contributed by atoms with van der Waals surface area (Å²) in [4.78, 5) is 14.4. The van der Waals surface area contributed by atoms with Crippen LogP contribution in [0, 0.1) is 0 Å². The van der Waals surface area contributed by atoms with Gasteiger partial charge in [0.05, 0.1) is 14.2 Å². The van der Waals surface area contributed by atoms with Gasteiger partial charge in [0.25, 0.3) is 0 Å². The molecule has 0 aromatic heterocycles. The third-order valence-electron chi connectivity index (χ3n) is 3.34. The summed E-state index contributed by atoms with van der Waals surface area (Å²) in [7, 11) is 3.26. The second-order valence-corrected chi connectivity index (χ2v) is 7.39. The number of nitrogens with zero attached hydrogens (tertiary/aromatic N) is 1. The number of rotatable bonds is 3. The number of carbonyl (C=O) groups is 1. The summed E-state index contributed by atoms with van der Waals surface area (Å²) in [5.41, 5.74) is 0.744. The van der Waals surface area contributed by atoms with E-state index in [0.717, 1.165) is 29.4 Å². The van der Waals surface area contributed by atoms with Crippen LogP contribution in [0.3, 0.4) is 0 Å². The van der Waals surface area contributed by atoms with E-state index in [9.17, 15) is 4.79 Å². The van der Waals surface area contributed by atoms with Gasteiger partial charge in [0.2, 0.25) is 0 Å². The summed E-state index contributed by atoms with van der Waals surface area (Å²) in [5.74, 6) is 2.40. The Morgan fingerprint density at radius 1 is 1.32 bits per heavy atom. The fraction of sp³-hybridized carbons (Fsp3) is 0.562. The molecule has 2 amide bonds. The van der Waals surface area contributed by atoms with E-state index < -0.39 is 0 Å². The van der Waals surface area contributed by atoms with E-state index in [4.69, 9.17) is 9.47 Å². The minimum atomic E-state index is -0.251. The smallest absolute Gasteiger partial charge is 0.319 e. The Hall–Kier alpha value is -1.56. The quantitative estimate of drug-likeness (QED) is 0.927. The van der Waals surface area contributed by atoms with Gasteiger partial charge in [0, 0.05) is 29.5 Å². The van der Waals surface area contributed by atoms with Gasteiger partial charge in [-0.1, -0.05) is 0 Å². The minimum absolute atomic E-state index is 0.0387. The van der Waals surface area contributed by atoms with Gasteiger partial charge in [-0.15, -0.1) is 11.8 Å². The molecule has 0 radical (unpaired) electrons. The lowest BCUT2D eigenvalue weighted by Crippen LogP contribution is -2.48. The first-order chi connectivity index (χ1) is 10.4. The van der Waals surface area contributed by atoms with Crippen LogP contribution in [0.1, 0.15) is 31.7 Å². The highest BCUT2D eigenvalue weighted by molar-refractivity contribution is 7.99. The van der Waals surface area contributed by atoms with E-state index in [0.29, 0.717) is 0 Å². The molecule has 1 atom stereocenters. The number of hydrogen-bond donors (Lipinski definition) is 1. The van der Waals surface area contributed by atoms with Crippen molar-refractivity contribution in [2.75, 3.05) is 26.5 Å². The van der Waals surface area contributed by atoms with Crippen molar-refractivity contribution < 1.29 is 14.3 Å². The Bertz CT molecular complexity index is 543. The van der Waals surface area contributed by atoms with Crippen molar-refractivity contribution in [1.29, 1.82) is 0 Å². The molecule has 6 heteroatoms. The standard InChI is InChI=1S/C16H24N2O3S/c1-16(2,3)17-15(19)18-8-9-22-14(18)12-7-6-11(20-4)10-13(12)21-5/h6-7,10,14H,8-9H2,1-5H3,(H,17,19)/t14-/m1/s1. The molecule has 1 aliphatic heterocycles. The summed E-state index contributed by atoms with van der Waals surface area (Å²) in [6, 6.07) is 5.68. The number of ether oxygens (including phenoxy) is 2. The van der Waals surface area contributed by atoms with Gasteiger partial charge >= 0.3 is 6.03 Å². The zero-order valence-corrected chi connectivity index (χ0v) is 14.6. The van der Waals surface area contributed by atoms with Crippen LogP contribution < -0.4 is 14.8 Å². The molecule has 1 aliphatic rings. The van der Waals surface area contributed by atoms with E-state index in [2.05, 4.69) is 5.32 Å². The van der Waals surface area contributed by atoms with E-state index in [1.165, 1.54) is 0 Å². The highest BCUT2D eigenvalue weighted by Crippen LogP contribution is 2.43. The number of urea groups is 1. The lowest BCUT2D eigenvalue weighted by molar-refractivity contribution is 0.190. The molecule has 2 rings (SSSR count). The van der Waals surface area contributed by atoms with Crippen LogP contribution in [-0.2, 0) is 0 Å². The van der Waals surface area contributed by atoms with Crippen molar-refractivity contribution in [3.63, 3.8) is 0 Å². The van der Waals surface area contributed by atoms with Crippen LogP contribution in [0.15, 0.2) is 18.2 Å². The van der Waals surface area contributed by atoms with Gasteiger partial charge in [-0.3, -0.25) is 0 Å². The summed E-state index contributed by atoms with van der Waals surface area (Å²) in [6.07, 6.45) is 0. The molecule has 0 spiro atoms. The van der Waals surface area contributed by atoms with E-state index >= 15 is 0 Å². The minimum Gasteiger partial charge on any atom is -0.497 e. The lowest BCUT2D eigenvalue weighted by Gasteiger charge is -2.29. The molecule has 1 aromatic rings. The molecular formula is C16H24N2O3S. The molecule has 1 fully saturated rings. The SMILES string of the molecule is COc1ccc([C@H]2SCCN2C(=O)NC(C)(C)C)c(OC)c1. The van der Waals surface area contributed by atoms with Gasteiger partial charge in [-0.2, -0.15) is 0 Å². The molecule has 0 aliphatic carbocycles. The van der Waals surface area contributed by atoms with Crippen LogP contribution in [0.2, 0.25) is 0 Å². The first-order valence-corrected chi connectivity index (χ1v) is 8.33. The van der Waals surface area contributed by atoms with Crippen molar-refractivity contribution in [2.45, 2.75) is 31.7 Å². The predicted molar refractivity (Wildman–Crippen MR) is 89.7 cm³/mol. The second-order valence-electron chi connectivity index (χ2n) is 6.20. The third-order valence-corrected chi connectivity index (χ3v) is 4.58. The Balaban J connectivity index is 2.25. The van der Waals surface area contributed by atoms with Crippen molar-refractivity contribution in [3.05, 3.63) is 23.8 Å². The average Bonchev–Trinajstić information content (AvgIpc) is 2.94. The van der Waals surface area contributed by atoms with Crippen LogP contribution in [0.5, 0.6) is 11.5 Å². The van der Waals surface area contributed by atoms with Gasteiger partial charge in [-0.25, -0.2) is 4.79 Å². The second kappa shape index (κ2) is 6.69. The number of thioether (sulfide) groups is 1. The highest BCUT2D eigenvalue weighted by Gasteiger charge is 2.34. The first kappa shape index (κ1) is 16.8. The molecule has 1 saturated heterocycles. The molecule has 1 N–H and O–H groups in total. The van der Waals surface area contributed by atoms with Crippen LogP contribution >= 0.6 is 11.8 Å². The molecule has 5 nitrogen and oxygen atoms in total. The average molecular weight is 324 g/mol. The maximum atomic E-state index is 12.5. The van der Waals surface area contributed by atoms with Gasteiger partial charge < -0.3 is 19.7 Å². The number of amides is 2. The number of nitrogens with one attached hydrogen (secondary N) is 1. The number of carbonyl (C=O) groups excluding carboxylic acids is 1. The summed E-state index contributed by atoms with van der Waals surface area (Å²) < 4.78 is 10.7. The van der Waals surface area contributed by atoms with E-state index in [1.54, 1.807) is 26.0 Å². The van der Waals surface area contributed by atoms with Gasteiger partial charge in [0.1, 0.15) is 16.9 Å². The normalized spacial score (nSPS) is 18.2. The van der Waals surface area contributed by atoms with Crippen LogP contribution in [0.25, 0.3) is 0 Å². The summed E-state index contributed by atoms with van der Waals surface area (Å²) in [6.45, 7) is 6.68. The van der Waals surface area contributed by atoms with Crippen LogP contribution in [0.4, 0.5) is 4.79 Å². The zero-order valence-electron chi connectivity index (χ0n) is 13.8. The Morgan fingerprint density at radius 3 is 2.64 bits per heavy atom. The fourth-order valence-corrected chi connectivity index (χ4v) is 3.63. The van der Waals surface area contributed by atoms with E-state index in [-0.39, 0.29) is 16.9 Å². The third kappa shape index (κ3) is 3.80. The molecule has 0 unspecified atom stereocenters. The Morgan fingerprint density at radius 2 is 2.05 bits per heavy atom. The van der Waals surface area contributed by atoms with Gasteiger partial charge in [0.15, 0.2) is 0 Å². The molecule has 1 aromatic carbocycles. The summed E-state index contributed by atoms with van der Waals surface area (Å²) >= 11 is 1.75. The van der Waals surface area contributed by atoms with Crippen molar-refractivity contribution >= 4 is 17.8 Å². The first-order valence-electron chi connectivity index (χ1n) is 7.28. The van der Waals surface area contributed by atoms with Gasteiger partial charge in [-0.05, 0) is 32.9 Å². The molecule has 0 bridgehead atoms. The Labute approximate surface area is 136 Å². The van der Waals surface area contributed by atoms with Crippen molar-refractivity contribution in [1.82, 2.24) is 10.2 Å². The molecule has 22 heavy (non-hydrogen) atoms. The predicted octanol–water partition coefficient (Wildman–Crippen LogP) is 3.26. The molecular weight excluding hydrogens is 300 g/mol. The summed E-state index contributed by atoms with van der Waals surface area (Å²) in [5, 5.41) is 2.99. The molecule has 0 saturated carbocycles. The van der Waals surface area contributed by atoms with Crippen molar-refractivity contribution in [2.24, 2.45) is 0 Å². The van der Waals surface area contributed by atoms with E-state index in [1.807, 2.05) is 43.9 Å². The highest BCUT2D eigenvalue weighted by atomic mass is 32.2. The number of hydrogen-bond acceptors (Lipinski definition) is 4. The molecule has 122 valence electrons. The van der Waals surface area contributed by atoms with Crippen molar-refractivity contribution in [3.8, 4) is 11.5 Å². The maximum absolute atomic E-state index is 12.5. The van der Waals surface area contributed by atoms with Crippen LogP contribution in [-0.4, -0.2) is 43.0 Å². The zero-order chi connectivity index (χ0) is 16.3. The topological polar surface area (TPSA) is 50.8 Å². The fourth-order valence-electron chi connectivity index (χ4n) is 2.35.